The third-order valence-corrected chi connectivity index (χ3v) is 4.77. The summed E-state index contributed by atoms with van der Waals surface area (Å²) < 4.78 is 3.56. The van der Waals surface area contributed by atoms with E-state index in [0.717, 1.165) is 22.1 Å². The van der Waals surface area contributed by atoms with Gasteiger partial charge in [0.05, 0.1) is 17.4 Å². The van der Waals surface area contributed by atoms with Crippen LogP contribution in [0.25, 0.3) is 5.69 Å². The molecule has 3 rings (SSSR count). The van der Waals surface area contributed by atoms with Crippen LogP contribution in [0.2, 0.25) is 5.15 Å². The van der Waals surface area contributed by atoms with Crippen LogP contribution >= 0.6 is 23.4 Å². The first-order valence-corrected chi connectivity index (χ1v) is 8.64. The summed E-state index contributed by atoms with van der Waals surface area (Å²) in [5.41, 5.74) is 2.86. The normalized spacial score (nSPS) is 11.3. The number of aryl methyl sites for hydroxylation is 1. The number of tetrazole rings is 1. The smallest absolute Gasteiger partial charge is 0.209 e. The summed E-state index contributed by atoms with van der Waals surface area (Å²) >= 11 is 8.10. The quantitative estimate of drug-likeness (QED) is 0.658. The molecular weight excluding hydrogens is 332 g/mol. The van der Waals surface area contributed by atoms with E-state index in [9.17, 15) is 0 Å². The van der Waals surface area contributed by atoms with Gasteiger partial charge in [-0.3, -0.25) is 0 Å². The number of benzene rings is 1. The van der Waals surface area contributed by atoms with Gasteiger partial charge in [-0.1, -0.05) is 41.6 Å². The van der Waals surface area contributed by atoms with Gasteiger partial charge in [0.25, 0.3) is 0 Å². The number of hydrogen-bond acceptors (Lipinski definition) is 5. The topological polar surface area (TPSA) is 61.4 Å². The Morgan fingerprint density at radius 3 is 2.65 bits per heavy atom. The number of halogens is 1. The van der Waals surface area contributed by atoms with E-state index in [1.54, 1.807) is 21.1 Å². The summed E-state index contributed by atoms with van der Waals surface area (Å²) in [6, 6.07) is 10.1. The lowest BCUT2D eigenvalue weighted by Crippen LogP contribution is -2.04. The Bertz CT molecular complexity index is 796. The zero-order chi connectivity index (χ0) is 16.4. The van der Waals surface area contributed by atoms with Crippen LogP contribution in [0.3, 0.4) is 0 Å². The Hall–Kier alpha value is -1.86. The van der Waals surface area contributed by atoms with Crippen molar-refractivity contribution < 1.29 is 0 Å². The van der Waals surface area contributed by atoms with Crippen LogP contribution in [0.15, 0.2) is 35.5 Å². The summed E-state index contributed by atoms with van der Waals surface area (Å²) in [5.74, 6) is 0.671. The van der Waals surface area contributed by atoms with Crippen LogP contribution in [-0.2, 0) is 5.75 Å². The van der Waals surface area contributed by atoms with Gasteiger partial charge in [-0.2, -0.15) is 5.10 Å². The van der Waals surface area contributed by atoms with Gasteiger partial charge in [0, 0.05) is 11.3 Å². The van der Waals surface area contributed by atoms with Gasteiger partial charge < -0.3 is 0 Å². The fourth-order valence-corrected chi connectivity index (χ4v) is 3.69. The average molecular weight is 349 g/mol. The van der Waals surface area contributed by atoms with Crippen LogP contribution in [0.4, 0.5) is 0 Å². The molecule has 0 aliphatic heterocycles. The monoisotopic (exact) mass is 348 g/mol. The molecule has 0 aliphatic rings. The second-order valence-corrected chi connectivity index (χ2v) is 6.69. The molecule has 120 valence electrons. The first kappa shape index (κ1) is 16.0. The van der Waals surface area contributed by atoms with E-state index >= 15 is 0 Å². The predicted molar refractivity (Wildman–Crippen MR) is 91.1 cm³/mol. The van der Waals surface area contributed by atoms with E-state index in [0.29, 0.717) is 10.9 Å². The molecule has 6 nitrogen and oxygen atoms in total. The molecule has 0 spiro atoms. The summed E-state index contributed by atoms with van der Waals surface area (Å²) in [7, 11) is 0. The van der Waals surface area contributed by atoms with Crippen molar-refractivity contribution in [2.24, 2.45) is 0 Å². The molecule has 23 heavy (non-hydrogen) atoms. The highest BCUT2D eigenvalue weighted by molar-refractivity contribution is 7.98. The van der Waals surface area contributed by atoms with Gasteiger partial charge >= 0.3 is 0 Å². The van der Waals surface area contributed by atoms with Crippen molar-refractivity contribution in [3.8, 4) is 5.69 Å². The largest absolute Gasteiger partial charge is 0.222 e. The van der Waals surface area contributed by atoms with Crippen molar-refractivity contribution in [3.05, 3.63) is 46.7 Å². The molecule has 0 N–H and O–H groups in total. The summed E-state index contributed by atoms with van der Waals surface area (Å²) in [4.78, 5) is 0. The Kier molecular flexibility index (Phi) is 4.68. The second kappa shape index (κ2) is 6.72. The van der Waals surface area contributed by atoms with Gasteiger partial charge in [0.15, 0.2) is 0 Å². The lowest BCUT2D eigenvalue weighted by molar-refractivity contribution is 0.477. The Labute approximate surface area is 143 Å². The van der Waals surface area contributed by atoms with E-state index in [-0.39, 0.29) is 6.04 Å². The minimum Gasteiger partial charge on any atom is -0.222 e. The molecule has 0 aliphatic carbocycles. The lowest BCUT2D eigenvalue weighted by Gasteiger charge is -2.07. The first-order valence-electron chi connectivity index (χ1n) is 7.28. The molecule has 0 radical (unpaired) electrons. The van der Waals surface area contributed by atoms with Crippen molar-refractivity contribution in [1.82, 2.24) is 30.0 Å². The number of para-hydroxylation sites is 1. The molecule has 0 fully saturated rings. The van der Waals surface area contributed by atoms with Gasteiger partial charge in [-0.25, -0.2) is 9.36 Å². The maximum atomic E-state index is 6.54. The Morgan fingerprint density at radius 2 is 1.96 bits per heavy atom. The van der Waals surface area contributed by atoms with Crippen LogP contribution in [-0.4, -0.2) is 30.0 Å². The molecule has 8 heteroatoms. The second-order valence-electron chi connectivity index (χ2n) is 5.39. The van der Waals surface area contributed by atoms with Crippen molar-refractivity contribution in [1.29, 1.82) is 0 Å². The van der Waals surface area contributed by atoms with Crippen molar-refractivity contribution in [3.63, 3.8) is 0 Å². The SMILES string of the molecule is Cc1nn(-c2ccccc2)c(Cl)c1CSc1nnnn1C(C)C. The number of thioether (sulfide) groups is 1. The number of aromatic nitrogens is 6. The van der Waals surface area contributed by atoms with E-state index in [1.165, 1.54) is 0 Å². The third-order valence-electron chi connectivity index (χ3n) is 3.42. The maximum absolute atomic E-state index is 6.54. The fourth-order valence-electron chi connectivity index (χ4n) is 2.18. The fraction of sp³-hybridized carbons (Fsp3) is 0.333. The molecule has 0 atom stereocenters. The van der Waals surface area contributed by atoms with Crippen LogP contribution in [0, 0.1) is 6.92 Å². The number of hydrogen-bond donors (Lipinski definition) is 0. The van der Waals surface area contributed by atoms with E-state index in [2.05, 4.69) is 20.6 Å². The van der Waals surface area contributed by atoms with E-state index < -0.39 is 0 Å². The molecule has 2 aromatic heterocycles. The lowest BCUT2D eigenvalue weighted by atomic mass is 10.3. The third kappa shape index (κ3) is 3.25. The molecule has 1 aromatic carbocycles. The molecule has 3 aromatic rings. The standard InChI is InChI=1S/C15H17ClN6S/c1-10(2)21-15(17-19-20-21)23-9-13-11(3)18-22(14(13)16)12-7-5-4-6-8-12/h4-8,10H,9H2,1-3H3. The average Bonchev–Trinajstić information content (AvgIpc) is 3.12. The maximum Gasteiger partial charge on any atom is 0.209 e. The molecule has 0 unspecified atom stereocenters. The minimum atomic E-state index is 0.219. The van der Waals surface area contributed by atoms with Gasteiger partial charge in [-0.05, 0) is 43.3 Å². The summed E-state index contributed by atoms with van der Waals surface area (Å²) in [6.45, 7) is 6.06. The van der Waals surface area contributed by atoms with Crippen molar-refractivity contribution in [2.75, 3.05) is 0 Å². The van der Waals surface area contributed by atoms with Crippen LogP contribution < -0.4 is 0 Å². The molecule has 2 heterocycles. The molecule has 0 saturated heterocycles. The Balaban J connectivity index is 1.84. The zero-order valence-electron chi connectivity index (χ0n) is 13.1. The predicted octanol–water partition coefficient (Wildman–Crippen LogP) is 3.69. The van der Waals surface area contributed by atoms with E-state index in [1.807, 2.05) is 51.1 Å². The highest BCUT2D eigenvalue weighted by Crippen LogP contribution is 2.30. The van der Waals surface area contributed by atoms with Gasteiger partial charge in [0.1, 0.15) is 5.15 Å². The van der Waals surface area contributed by atoms with Gasteiger partial charge in [0.2, 0.25) is 5.16 Å². The summed E-state index contributed by atoms with van der Waals surface area (Å²) in [5, 5.41) is 17.8. The molecular formula is C15H17ClN6S. The number of rotatable bonds is 5. The van der Waals surface area contributed by atoms with Crippen LogP contribution in [0.1, 0.15) is 31.1 Å². The minimum absolute atomic E-state index is 0.219. The molecule has 0 saturated carbocycles. The highest BCUT2D eigenvalue weighted by Gasteiger charge is 2.17. The van der Waals surface area contributed by atoms with Crippen molar-refractivity contribution in [2.45, 2.75) is 37.7 Å². The Morgan fingerprint density at radius 1 is 1.22 bits per heavy atom. The molecule has 0 amide bonds. The van der Waals surface area contributed by atoms with E-state index in [4.69, 9.17) is 11.6 Å². The molecule has 0 bridgehead atoms. The highest BCUT2D eigenvalue weighted by atomic mass is 35.5. The van der Waals surface area contributed by atoms with Gasteiger partial charge in [-0.15, -0.1) is 5.10 Å². The van der Waals surface area contributed by atoms with Crippen molar-refractivity contribution >= 4 is 23.4 Å². The van der Waals surface area contributed by atoms with Crippen LogP contribution in [0.5, 0.6) is 0 Å². The zero-order valence-corrected chi connectivity index (χ0v) is 14.7. The summed E-state index contributed by atoms with van der Waals surface area (Å²) in [6.07, 6.45) is 0. The number of nitrogens with zero attached hydrogens (tertiary/aromatic N) is 6. The first-order chi connectivity index (χ1) is 11.1.